The van der Waals surface area contributed by atoms with E-state index in [9.17, 15) is 10.1 Å². The van der Waals surface area contributed by atoms with Gasteiger partial charge < -0.3 is 10.2 Å². The highest BCUT2D eigenvalue weighted by molar-refractivity contribution is 5.85. The molecule has 0 spiro atoms. The Morgan fingerprint density at radius 2 is 1.67 bits per heavy atom. The van der Waals surface area contributed by atoms with E-state index in [1.54, 1.807) is 18.2 Å². The molecule has 2 heterocycles. The minimum atomic E-state index is -0.447. The molecule has 1 saturated heterocycles. The second-order valence-electron chi connectivity index (χ2n) is 6.65. The van der Waals surface area contributed by atoms with E-state index >= 15 is 0 Å². The molecule has 1 aliphatic rings. The van der Waals surface area contributed by atoms with Gasteiger partial charge in [-0.05, 0) is 31.0 Å². The van der Waals surface area contributed by atoms with Crippen LogP contribution in [0.4, 0.5) is 29.2 Å². The van der Waals surface area contributed by atoms with Gasteiger partial charge in [0.2, 0.25) is 17.8 Å². The van der Waals surface area contributed by atoms with Gasteiger partial charge in [0, 0.05) is 24.8 Å². The highest BCUT2D eigenvalue weighted by Crippen LogP contribution is 2.21. The smallest absolute Gasteiger partial charge is 0.278 e. The molecule has 0 atom stereocenters. The molecule has 2 aromatic carbocycles. The van der Waals surface area contributed by atoms with Crippen LogP contribution in [0, 0.1) is 10.1 Å². The van der Waals surface area contributed by atoms with Crippen molar-refractivity contribution in [3.8, 4) is 0 Å². The van der Waals surface area contributed by atoms with Crippen LogP contribution in [0.15, 0.2) is 59.7 Å². The summed E-state index contributed by atoms with van der Waals surface area (Å²) in [4.78, 5) is 26.1. The van der Waals surface area contributed by atoms with Crippen LogP contribution < -0.4 is 15.6 Å². The highest BCUT2D eigenvalue weighted by atomic mass is 16.6. The zero-order valence-corrected chi connectivity index (χ0v) is 16.1. The molecule has 30 heavy (non-hydrogen) atoms. The first kappa shape index (κ1) is 19.2. The zero-order valence-electron chi connectivity index (χ0n) is 16.1. The Balaban J connectivity index is 1.58. The van der Waals surface area contributed by atoms with Crippen molar-refractivity contribution in [2.24, 2.45) is 5.10 Å². The number of benzene rings is 2. The van der Waals surface area contributed by atoms with Gasteiger partial charge in [0.1, 0.15) is 0 Å². The summed E-state index contributed by atoms with van der Waals surface area (Å²) in [6.07, 6.45) is 3.55. The van der Waals surface area contributed by atoms with Gasteiger partial charge in [-0.15, -0.1) is 0 Å². The lowest BCUT2D eigenvalue weighted by Gasteiger charge is -2.16. The van der Waals surface area contributed by atoms with Gasteiger partial charge >= 0.3 is 0 Å². The van der Waals surface area contributed by atoms with Gasteiger partial charge in [-0.1, -0.05) is 30.3 Å². The molecule has 0 aliphatic carbocycles. The Kier molecular flexibility index (Phi) is 5.74. The second-order valence-corrected chi connectivity index (χ2v) is 6.65. The topological polar surface area (TPSA) is 121 Å². The minimum absolute atomic E-state index is 0.0251. The van der Waals surface area contributed by atoms with E-state index in [2.05, 4.69) is 35.7 Å². The van der Waals surface area contributed by atoms with Gasteiger partial charge in [-0.2, -0.15) is 20.1 Å². The van der Waals surface area contributed by atoms with E-state index in [0.717, 1.165) is 31.6 Å². The predicted molar refractivity (Wildman–Crippen MR) is 115 cm³/mol. The van der Waals surface area contributed by atoms with Crippen LogP contribution >= 0.6 is 0 Å². The number of nitrogens with one attached hydrogen (secondary N) is 2. The number of aromatic nitrogens is 3. The zero-order chi connectivity index (χ0) is 20.8. The molecule has 3 aromatic rings. The first-order valence-corrected chi connectivity index (χ1v) is 9.54. The lowest BCUT2D eigenvalue weighted by atomic mass is 10.2. The average Bonchev–Trinajstić information content (AvgIpc) is 3.30. The number of nitro benzene ring substituents is 1. The van der Waals surface area contributed by atoms with Gasteiger partial charge in [0.15, 0.2) is 0 Å². The third-order valence-electron chi connectivity index (χ3n) is 4.54. The van der Waals surface area contributed by atoms with Crippen LogP contribution in [0.3, 0.4) is 0 Å². The van der Waals surface area contributed by atoms with E-state index in [4.69, 9.17) is 0 Å². The number of hydrogen-bond donors (Lipinski definition) is 2. The predicted octanol–water partition coefficient (Wildman–Crippen LogP) is 3.57. The summed E-state index contributed by atoms with van der Waals surface area (Å²) < 4.78 is 0. The minimum Gasteiger partial charge on any atom is -0.341 e. The standard InChI is InChI=1S/C20H20N8O2/c29-28(30)17-11-5-4-8-15(17)14-21-26-19-23-18(22-16-9-2-1-3-10-16)24-20(25-19)27-12-6-7-13-27/h1-5,8-11,14H,6-7,12-13H2,(H2,22,23,24,25,26). The summed E-state index contributed by atoms with van der Waals surface area (Å²) >= 11 is 0. The molecule has 0 unspecified atom stereocenters. The Labute approximate surface area is 172 Å². The molecule has 10 heteroatoms. The van der Waals surface area contributed by atoms with Crippen molar-refractivity contribution in [1.29, 1.82) is 0 Å². The molecule has 0 saturated carbocycles. The largest absolute Gasteiger partial charge is 0.341 e. The third kappa shape index (κ3) is 4.66. The number of para-hydroxylation sites is 2. The Hall–Kier alpha value is -4.08. The lowest BCUT2D eigenvalue weighted by Crippen LogP contribution is -2.21. The second kappa shape index (κ2) is 8.95. The maximum Gasteiger partial charge on any atom is 0.278 e. The number of hydrogen-bond acceptors (Lipinski definition) is 9. The molecule has 2 N–H and O–H groups in total. The highest BCUT2D eigenvalue weighted by Gasteiger charge is 2.17. The Morgan fingerprint density at radius 1 is 0.967 bits per heavy atom. The molecule has 0 amide bonds. The first-order chi connectivity index (χ1) is 14.7. The molecule has 4 rings (SSSR count). The number of hydrazone groups is 1. The fraction of sp³-hybridized carbons (Fsp3) is 0.200. The summed E-state index contributed by atoms with van der Waals surface area (Å²) in [6, 6.07) is 16.0. The fourth-order valence-electron chi connectivity index (χ4n) is 3.10. The van der Waals surface area contributed by atoms with E-state index in [0.29, 0.717) is 17.5 Å². The third-order valence-corrected chi connectivity index (χ3v) is 4.54. The Morgan fingerprint density at radius 3 is 2.43 bits per heavy atom. The molecular weight excluding hydrogens is 384 g/mol. The quantitative estimate of drug-likeness (QED) is 0.348. The van der Waals surface area contributed by atoms with Gasteiger partial charge in [-0.25, -0.2) is 5.43 Å². The van der Waals surface area contributed by atoms with Crippen LogP contribution in [-0.2, 0) is 0 Å². The average molecular weight is 404 g/mol. The van der Waals surface area contributed by atoms with Crippen LogP contribution in [0.1, 0.15) is 18.4 Å². The van der Waals surface area contributed by atoms with Crippen molar-refractivity contribution in [3.63, 3.8) is 0 Å². The SMILES string of the molecule is O=[N+]([O-])c1ccccc1C=NNc1nc(Nc2ccccc2)nc(N2CCCC2)n1. The van der Waals surface area contributed by atoms with Crippen LogP contribution in [0.25, 0.3) is 0 Å². The maximum absolute atomic E-state index is 11.1. The van der Waals surface area contributed by atoms with E-state index in [-0.39, 0.29) is 11.6 Å². The molecule has 10 nitrogen and oxygen atoms in total. The lowest BCUT2D eigenvalue weighted by molar-refractivity contribution is -0.385. The summed E-state index contributed by atoms with van der Waals surface area (Å²) in [7, 11) is 0. The van der Waals surface area contributed by atoms with E-state index in [1.807, 2.05) is 30.3 Å². The van der Waals surface area contributed by atoms with Gasteiger partial charge in [-0.3, -0.25) is 10.1 Å². The van der Waals surface area contributed by atoms with Crippen molar-refractivity contribution in [1.82, 2.24) is 15.0 Å². The summed E-state index contributed by atoms with van der Waals surface area (Å²) in [5.74, 6) is 1.20. The number of nitrogens with zero attached hydrogens (tertiary/aromatic N) is 6. The number of anilines is 4. The maximum atomic E-state index is 11.1. The molecule has 1 fully saturated rings. The number of rotatable bonds is 7. The first-order valence-electron chi connectivity index (χ1n) is 9.54. The normalized spacial score (nSPS) is 13.5. The van der Waals surface area contributed by atoms with Crippen LogP contribution in [0.5, 0.6) is 0 Å². The summed E-state index contributed by atoms with van der Waals surface area (Å²) in [6.45, 7) is 1.77. The summed E-state index contributed by atoms with van der Waals surface area (Å²) in [5, 5.41) is 18.4. The molecule has 0 radical (unpaired) electrons. The Bertz CT molecular complexity index is 1050. The fourth-order valence-corrected chi connectivity index (χ4v) is 3.10. The van der Waals surface area contributed by atoms with Crippen molar-refractivity contribution < 1.29 is 4.92 Å². The summed E-state index contributed by atoms with van der Waals surface area (Å²) in [5.41, 5.74) is 3.98. The van der Waals surface area contributed by atoms with Crippen molar-refractivity contribution in [2.45, 2.75) is 12.8 Å². The molecule has 1 aromatic heterocycles. The molecule has 1 aliphatic heterocycles. The van der Waals surface area contributed by atoms with E-state index in [1.165, 1.54) is 12.3 Å². The molecule has 0 bridgehead atoms. The van der Waals surface area contributed by atoms with E-state index < -0.39 is 4.92 Å². The monoisotopic (exact) mass is 404 g/mol. The van der Waals surface area contributed by atoms with Crippen molar-refractivity contribution in [3.05, 3.63) is 70.3 Å². The van der Waals surface area contributed by atoms with Gasteiger partial charge in [0.25, 0.3) is 5.69 Å². The van der Waals surface area contributed by atoms with Crippen LogP contribution in [0.2, 0.25) is 0 Å². The van der Waals surface area contributed by atoms with Crippen LogP contribution in [-0.4, -0.2) is 39.2 Å². The molecule has 152 valence electrons. The molecular formula is C20H20N8O2. The van der Waals surface area contributed by atoms with Crippen molar-refractivity contribution in [2.75, 3.05) is 28.7 Å². The van der Waals surface area contributed by atoms with Gasteiger partial charge in [0.05, 0.1) is 16.7 Å². The van der Waals surface area contributed by atoms with Crippen molar-refractivity contribution >= 4 is 35.4 Å². The number of nitro groups is 1.